The molecule has 1 aromatic rings. The summed E-state index contributed by atoms with van der Waals surface area (Å²) in [5.41, 5.74) is 0. The average Bonchev–Trinajstić information content (AvgIpc) is 2.01. The van der Waals surface area contributed by atoms with Crippen LogP contribution in [0.3, 0.4) is 0 Å². The summed E-state index contributed by atoms with van der Waals surface area (Å²) >= 11 is 5.73. The minimum atomic E-state index is 0.194. The van der Waals surface area contributed by atoms with E-state index in [-0.39, 0.29) is 5.28 Å². The lowest BCUT2D eigenvalue weighted by Crippen LogP contribution is -2.06. The van der Waals surface area contributed by atoms with Crippen molar-refractivity contribution in [2.45, 2.75) is 27.2 Å². The molecule has 0 radical (unpaired) electrons. The van der Waals surface area contributed by atoms with Crippen molar-refractivity contribution in [2.24, 2.45) is 5.92 Å². The van der Waals surface area contributed by atoms with E-state index in [4.69, 9.17) is 16.3 Å². The van der Waals surface area contributed by atoms with Crippen molar-refractivity contribution in [2.75, 3.05) is 6.61 Å². The molecule has 0 aliphatic rings. The van der Waals surface area contributed by atoms with Crippen LogP contribution in [0.15, 0.2) is 0 Å². The summed E-state index contributed by atoms with van der Waals surface area (Å²) in [7, 11) is 0. The fourth-order valence-electron chi connectivity index (χ4n) is 1.02. The molecule has 0 bridgehead atoms. The topological polar surface area (TPSA) is 47.9 Å². The van der Waals surface area contributed by atoms with E-state index in [1.165, 1.54) is 0 Å². The lowest BCUT2D eigenvalue weighted by atomic mass is 10.1. The van der Waals surface area contributed by atoms with Gasteiger partial charge in [0, 0.05) is 6.42 Å². The van der Waals surface area contributed by atoms with E-state index in [1.54, 1.807) is 0 Å². The van der Waals surface area contributed by atoms with Gasteiger partial charge in [-0.15, -0.1) is 0 Å². The molecular formula is C9H14ClN3O. The van der Waals surface area contributed by atoms with Crippen LogP contribution in [0.4, 0.5) is 0 Å². The first-order chi connectivity index (χ1) is 6.61. The van der Waals surface area contributed by atoms with E-state index < -0.39 is 0 Å². The van der Waals surface area contributed by atoms with Crippen molar-refractivity contribution in [3.63, 3.8) is 0 Å². The van der Waals surface area contributed by atoms with E-state index >= 15 is 0 Å². The molecule has 0 aromatic carbocycles. The number of hydrogen-bond donors (Lipinski definition) is 0. The van der Waals surface area contributed by atoms with Gasteiger partial charge in [-0.25, -0.2) is 4.98 Å². The number of halogens is 1. The molecule has 0 spiro atoms. The summed E-state index contributed by atoms with van der Waals surface area (Å²) < 4.78 is 5.16. The lowest BCUT2D eigenvalue weighted by Gasteiger charge is -2.05. The van der Waals surface area contributed by atoms with Gasteiger partial charge in [0.05, 0.1) is 6.61 Å². The molecule has 0 unspecified atom stereocenters. The molecule has 5 heteroatoms. The minimum Gasteiger partial charge on any atom is -0.464 e. The van der Waals surface area contributed by atoms with Crippen LogP contribution < -0.4 is 4.74 Å². The minimum absolute atomic E-state index is 0.194. The van der Waals surface area contributed by atoms with Crippen LogP contribution >= 0.6 is 11.6 Å². The number of rotatable bonds is 4. The van der Waals surface area contributed by atoms with Crippen LogP contribution in [0.2, 0.25) is 5.28 Å². The molecule has 0 saturated carbocycles. The molecule has 0 aliphatic heterocycles. The van der Waals surface area contributed by atoms with Crippen LogP contribution in [0.1, 0.15) is 26.6 Å². The zero-order valence-corrected chi connectivity index (χ0v) is 9.38. The quantitative estimate of drug-likeness (QED) is 0.772. The Hall–Kier alpha value is -0.900. The lowest BCUT2D eigenvalue weighted by molar-refractivity contribution is 0.309. The molecule has 0 amide bonds. The van der Waals surface area contributed by atoms with Gasteiger partial charge in [0.2, 0.25) is 5.28 Å². The Morgan fingerprint density at radius 2 is 2.00 bits per heavy atom. The van der Waals surface area contributed by atoms with Crippen LogP contribution in [0.5, 0.6) is 6.01 Å². The Morgan fingerprint density at radius 3 is 2.57 bits per heavy atom. The summed E-state index contributed by atoms with van der Waals surface area (Å²) in [4.78, 5) is 12.0. The molecule has 4 nitrogen and oxygen atoms in total. The van der Waals surface area contributed by atoms with Crippen LogP contribution in [-0.2, 0) is 6.42 Å². The second-order valence-corrected chi connectivity index (χ2v) is 3.67. The first-order valence-electron chi connectivity index (χ1n) is 4.65. The van der Waals surface area contributed by atoms with E-state index in [0.29, 0.717) is 24.4 Å². The highest BCUT2D eigenvalue weighted by Gasteiger charge is 2.06. The van der Waals surface area contributed by atoms with Crippen molar-refractivity contribution in [3.05, 3.63) is 11.1 Å². The predicted octanol–water partition coefficient (Wildman–Crippen LogP) is 2.12. The molecule has 14 heavy (non-hydrogen) atoms. The van der Waals surface area contributed by atoms with E-state index in [2.05, 4.69) is 28.8 Å². The number of hydrogen-bond acceptors (Lipinski definition) is 4. The van der Waals surface area contributed by atoms with Gasteiger partial charge in [-0.05, 0) is 24.4 Å². The first-order valence-corrected chi connectivity index (χ1v) is 5.02. The monoisotopic (exact) mass is 215 g/mol. The molecule has 0 aliphatic carbocycles. The van der Waals surface area contributed by atoms with Gasteiger partial charge in [0.25, 0.3) is 0 Å². The summed E-state index contributed by atoms with van der Waals surface area (Å²) in [5, 5.41) is 0.194. The van der Waals surface area contributed by atoms with Crippen LogP contribution in [-0.4, -0.2) is 21.6 Å². The molecule has 0 atom stereocenters. The highest BCUT2D eigenvalue weighted by atomic mass is 35.5. The maximum absolute atomic E-state index is 5.73. The van der Waals surface area contributed by atoms with E-state index in [0.717, 1.165) is 6.42 Å². The third-order valence-electron chi connectivity index (χ3n) is 1.50. The van der Waals surface area contributed by atoms with Crippen LogP contribution in [0, 0.1) is 5.92 Å². The SMILES string of the molecule is CCOc1nc(Cl)nc(CC(C)C)n1. The standard InChI is InChI=1S/C9H14ClN3O/c1-4-14-9-12-7(5-6(2)3)11-8(10)13-9/h6H,4-5H2,1-3H3. The van der Waals surface area contributed by atoms with Gasteiger partial charge in [0.15, 0.2) is 0 Å². The maximum atomic E-state index is 5.73. The highest BCUT2D eigenvalue weighted by Crippen LogP contribution is 2.10. The number of ether oxygens (including phenoxy) is 1. The Morgan fingerprint density at radius 1 is 1.29 bits per heavy atom. The second-order valence-electron chi connectivity index (χ2n) is 3.33. The predicted molar refractivity (Wildman–Crippen MR) is 54.5 cm³/mol. The molecule has 1 aromatic heterocycles. The Labute approximate surface area is 88.7 Å². The van der Waals surface area contributed by atoms with Crippen molar-refractivity contribution < 1.29 is 4.74 Å². The van der Waals surface area contributed by atoms with Gasteiger partial charge in [-0.1, -0.05) is 13.8 Å². The summed E-state index contributed by atoms with van der Waals surface area (Å²) in [6.45, 7) is 6.59. The van der Waals surface area contributed by atoms with Gasteiger partial charge in [0.1, 0.15) is 5.82 Å². The smallest absolute Gasteiger partial charge is 0.320 e. The van der Waals surface area contributed by atoms with Crippen molar-refractivity contribution in [3.8, 4) is 6.01 Å². The molecule has 78 valence electrons. The molecule has 0 saturated heterocycles. The first kappa shape index (κ1) is 11.2. The third kappa shape index (κ3) is 3.46. The fraction of sp³-hybridized carbons (Fsp3) is 0.667. The normalized spacial score (nSPS) is 10.6. The fourth-order valence-corrected chi connectivity index (χ4v) is 1.19. The maximum Gasteiger partial charge on any atom is 0.320 e. The van der Waals surface area contributed by atoms with Crippen molar-refractivity contribution >= 4 is 11.6 Å². The largest absolute Gasteiger partial charge is 0.464 e. The Kier molecular flexibility index (Phi) is 4.07. The average molecular weight is 216 g/mol. The summed E-state index contributed by atoms with van der Waals surface area (Å²) in [5.74, 6) is 1.17. The highest BCUT2D eigenvalue weighted by molar-refractivity contribution is 6.28. The Balaban J connectivity index is 2.83. The van der Waals surface area contributed by atoms with Gasteiger partial charge < -0.3 is 4.74 Å². The van der Waals surface area contributed by atoms with E-state index in [1.807, 2.05) is 6.92 Å². The number of aromatic nitrogens is 3. The molecule has 1 heterocycles. The van der Waals surface area contributed by atoms with Crippen LogP contribution in [0.25, 0.3) is 0 Å². The summed E-state index contributed by atoms with van der Waals surface area (Å²) in [6.07, 6.45) is 0.780. The van der Waals surface area contributed by atoms with Crippen molar-refractivity contribution in [1.82, 2.24) is 15.0 Å². The third-order valence-corrected chi connectivity index (χ3v) is 1.67. The molecule has 1 rings (SSSR count). The molecule has 0 fully saturated rings. The summed E-state index contributed by atoms with van der Waals surface area (Å²) in [6, 6.07) is 0.308. The Bertz CT molecular complexity index is 304. The van der Waals surface area contributed by atoms with Gasteiger partial charge >= 0.3 is 6.01 Å². The number of nitrogens with zero attached hydrogens (tertiary/aromatic N) is 3. The zero-order valence-electron chi connectivity index (χ0n) is 8.62. The molecular weight excluding hydrogens is 202 g/mol. The van der Waals surface area contributed by atoms with Gasteiger partial charge in [-0.3, -0.25) is 0 Å². The second kappa shape index (κ2) is 5.10. The van der Waals surface area contributed by atoms with Crippen molar-refractivity contribution in [1.29, 1.82) is 0 Å². The molecule has 0 N–H and O–H groups in total. The van der Waals surface area contributed by atoms with E-state index in [9.17, 15) is 0 Å². The zero-order chi connectivity index (χ0) is 10.6. The van der Waals surface area contributed by atoms with Gasteiger partial charge in [-0.2, -0.15) is 9.97 Å².